The molecule has 3 nitrogen and oxygen atoms in total. The van der Waals surface area contributed by atoms with E-state index in [4.69, 9.17) is 0 Å². The molecule has 0 aromatic carbocycles. The Morgan fingerprint density at radius 3 is 2.85 bits per heavy atom. The van der Waals surface area contributed by atoms with Crippen LogP contribution in [0.1, 0.15) is 39.0 Å². The number of hydrogen-bond acceptors (Lipinski definition) is 2. The minimum Gasteiger partial charge on any atom is -0.481 e. The highest BCUT2D eigenvalue weighted by molar-refractivity contribution is 5.75. The van der Waals surface area contributed by atoms with Crippen LogP contribution in [0.5, 0.6) is 0 Å². The van der Waals surface area contributed by atoms with Gasteiger partial charge in [0.05, 0.1) is 5.41 Å². The van der Waals surface area contributed by atoms with Crippen molar-refractivity contribution in [1.29, 1.82) is 0 Å². The zero-order valence-electron chi connectivity index (χ0n) is 8.31. The number of piperidine rings is 1. The van der Waals surface area contributed by atoms with Gasteiger partial charge in [-0.1, -0.05) is 19.8 Å². The van der Waals surface area contributed by atoms with E-state index >= 15 is 0 Å². The normalized spacial score (nSPS) is 28.7. The summed E-state index contributed by atoms with van der Waals surface area (Å²) in [6.45, 7) is 3.73. The summed E-state index contributed by atoms with van der Waals surface area (Å²) in [6.07, 6.45) is 4.76. The molecule has 13 heavy (non-hydrogen) atoms. The number of aliphatic carboxylic acids is 1. The molecule has 1 rings (SSSR count). The molecule has 1 fully saturated rings. The van der Waals surface area contributed by atoms with Crippen molar-refractivity contribution >= 4 is 5.97 Å². The molecule has 76 valence electrons. The molecule has 1 saturated heterocycles. The predicted octanol–water partition coefficient (Wildman–Crippen LogP) is 1.63. The Morgan fingerprint density at radius 2 is 2.38 bits per heavy atom. The maximum Gasteiger partial charge on any atom is 0.310 e. The third kappa shape index (κ3) is 2.44. The zero-order chi connectivity index (χ0) is 9.73. The summed E-state index contributed by atoms with van der Waals surface area (Å²) >= 11 is 0. The monoisotopic (exact) mass is 185 g/mol. The Labute approximate surface area is 79.5 Å². The lowest BCUT2D eigenvalue weighted by Crippen LogP contribution is -2.45. The molecule has 1 unspecified atom stereocenters. The molecule has 0 aromatic heterocycles. The van der Waals surface area contributed by atoms with Gasteiger partial charge in [-0.25, -0.2) is 0 Å². The van der Waals surface area contributed by atoms with Crippen molar-refractivity contribution < 1.29 is 9.90 Å². The van der Waals surface area contributed by atoms with Crippen LogP contribution >= 0.6 is 0 Å². The highest BCUT2D eigenvalue weighted by Crippen LogP contribution is 2.32. The van der Waals surface area contributed by atoms with E-state index in [2.05, 4.69) is 12.2 Å². The second kappa shape index (κ2) is 4.61. The first-order valence-electron chi connectivity index (χ1n) is 5.15. The molecule has 3 heteroatoms. The Hall–Kier alpha value is -0.570. The molecule has 0 amide bonds. The molecule has 1 aliphatic heterocycles. The molecule has 1 aliphatic rings. The molecule has 2 N–H and O–H groups in total. The third-order valence-electron chi connectivity index (χ3n) is 2.93. The molecule has 0 aliphatic carbocycles. The summed E-state index contributed by atoms with van der Waals surface area (Å²) in [4.78, 5) is 11.1. The number of unbranched alkanes of at least 4 members (excludes halogenated alkanes) is 1. The molecular formula is C10H19NO2. The van der Waals surface area contributed by atoms with Crippen LogP contribution in [0.25, 0.3) is 0 Å². The smallest absolute Gasteiger partial charge is 0.310 e. The second-order valence-electron chi connectivity index (χ2n) is 3.97. The van der Waals surface area contributed by atoms with Gasteiger partial charge in [-0.2, -0.15) is 0 Å². The number of hydrogen-bond donors (Lipinski definition) is 2. The summed E-state index contributed by atoms with van der Waals surface area (Å²) in [7, 11) is 0. The van der Waals surface area contributed by atoms with E-state index in [1.807, 2.05) is 0 Å². The van der Waals surface area contributed by atoms with E-state index in [1.54, 1.807) is 0 Å². The van der Waals surface area contributed by atoms with Gasteiger partial charge in [0.2, 0.25) is 0 Å². The third-order valence-corrected chi connectivity index (χ3v) is 2.93. The first kappa shape index (κ1) is 10.5. The lowest BCUT2D eigenvalue weighted by atomic mass is 9.77. The first-order valence-corrected chi connectivity index (χ1v) is 5.15. The van der Waals surface area contributed by atoms with Crippen LogP contribution in [0, 0.1) is 5.41 Å². The van der Waals surface area contributed by atoms with Gasteiger partial charge in [0.1, 0.15) is 0 Å². The topological polar surface area (TPSA) is 49.3 Å². The Bertz CT molecular complexity index is 174. The van der Waals surface area contributed by atoms with Crippen LogP contribution < -0.4 is 5.32 Å². The van der Waals surface area contributed by atoms with Crippen molar-refractivity contribution in [2.45, 2.75) is 39.0 Å². The number of carbonyl (C=O) groups is 1. The summed E-state index contributed by atoms with van der Waals surface area (Å²) in [6, 6.07) is 0. The predicted molar refractivity (Wildman–Crippen MR) is 51.7 cm³/mol. The molecule has 1 atom stereocenters. The quantitative estimate of drug-likeness (QED) is 0.700. The standard InChI is InChI=1S/C10H19NO2/c1-2-3-5-10(9(12)13)6-4-7-11-8-10/h11H,2-8H2,1H3,(H,12,13). The summed E-state index contributed by atoms with van der Waals surface area (Å²) < 4.78 is 0. The van der Waals surface area contributed by atoms with Crippen molar-refractivity contribution in [3.05, 3.63) is 0 Å². The van der Waals surface area contributed by atoms with Crippen LogP contribution in [0.2, 0.25) is 0 Å². The SMILES string of the molecule is CCCCC1(C(=O)O)CCCNC1. The number of carboxylic acids is 1. The van der Waals surface area contributed by atoms with Crippen molar-refractivity contribution in [1.82, 2.24) is 5.32 Å². The molecule has 0 bridgehead atoms. The number of rotatable bonds is 4. The van der Waals surface area contributed by atoms with Gasteiger partial charge in [0, 0.05) is 6.54 Å². The van der Waals surface area contributed by atoms with Crippen LogP contribution in [0.15, 0.2) is 0 Å². The van der Waals surface area contributed by atoms with Gasteiger partial charge in [-0.15, -0.1) is 0 Å². The van der Waals surface area contributed by atoms with Crippen LogP contribution in [-0.4, -0.2) is 24.2 Å². The lowest BCUT2D eigenvalue weighted by molar-refractivity contribution is -0.150. The molecule has 0 saturated carbocycles. The highest BCUT2D eigenvalue weighted by Gasteiger charge is 2.38. The van der Waals surface area contributed by atoms with Crippen molar-refractivity contribution in [2.24, 2.45) is 5.41 Å². The van der Waals surface area contributed by atoms with Gasteiger partial charge in [-0.3, -0.25) is 4.79 Å². The Morgan fingerprint density at radius 1 is 1.62 bits per heavy atom. The van der Waals surface area contributed by atoms with E-state index < -0.39 is 11.4 Å². The molecule has 0 spiro atoms. The van der Waals surface area contributed by atoms with Crippen molar-refractivity contribution in [3.8, 4) is 0 Å². The molecule has 1 heterocycles. The second-order valence-corrected chi connectivity index (χ2v) is 3.97. The highest BCUT2D eigenvalue weighted by atomic mass is 16.4. The summed E-state index contributed by atoms with van der Waals surface area (Å²) in [5, 5.41) is 12.4. The zero-order valence-corrected chi connectivity index (χ0v) is 8.31. The fourth-order valence-corrected chi connectivity index (χ4v) is 1.99. The largest absolute Gasteiger partial charge is 0.481 e. The maximum absolute atomic E-state index is 11.1. The van der Waals surface area contributed by atoms with Crippen molar-refractivity contribution in [2.75, 3.05) is 13.1 Å². The Balaban J connectivity index is 2.56. The van der Waals surface area contributed by atoms with Crippen molar-refractivity contribution in [3.63, 3.8) is 0 Å². The summed E-state index contributed by atoms with van der Waals surface area (Å²) in [5.74, 6) is -0.617. The maximum atomic E-state index is 11.1. The molecule has 0 radical (unpaired) electrons. The van der Waals surface area contributed by atoms with Gasteiger partial charge >= 0.3 is 5.97 Å². The van der Waals surface area contributed by atoms with Crippen LogP contribution in [-0.2, 0) is 4.79 Å². The summed E-state index contributed by atoms with van der Waals surface area (Å²) in [5.41, 5.74) is -0.464. The average Bonchev–Trinajstić information content (AvgIpc) is 2.16. The van der Waals surface area contributed by atoms with Gasteiger partial charge in [-0.05, 0) is 25.8 Å². The first-order chi connectivity index (χ1) is 6.21. The van der Waals surface area contributed by atoms with Crippen LogP contribution in [0.3, 0.4) is 0 Å². The fourth-order valence-electron chi connectivity index (χ4n) is 1.99. The fraction of sp³-hybridized carbons (Fsp3) is 0.900. The number of nitrogens with one attached hydrogen (secondary N) is 1. The minimum absolute atomic E-state index is 0.464. The number of carboxylic acid groups (broad SMARTS) is 1. The lowest BCUT2D eigenvalue weighted by Gasteiger charge is -2.33. The minimum atomic E-state index is -0.617. The van der Waals surface area contributed by atoms with Gasteiger partial charge in [0.25, 0.3) is 0 Å². The average molecular weight is 185 g/mol. The van der Waals surface area contributed by atoms with Crippen LogP contribution in [0.4, 0.5) is 0 Å². The van der Waals surface area contributed by atoms with E-state index in [1.165, 1.54) is 0 Å². The van der Waals surface area contributed by atoms with Gasteiger partial charge < -0.3 is 10.4 Å². The van der Waals surface area contributed by atoms with E-state index in [9.17, 15) is 9.90 Å². The van der Waals surface area contributed by atoms with E-state index in [-0.39, 0.29) is 0 Å². The molecule has 0 aromatic rings. The van der Waals surface area contributed by atoms with Gasteiger partial charge in [0.15, 0.2) is 0 Å². The molecular weight excluding hydrogens is 166 g/mol. The van der Waals surface area contributed by atoms with E-state index in [0.29, 0.717) is 6.54 Å². The van der Waals surface area contributed by atoms with E-state index in [0.717, 1.165) is 38.6 Å². The Kier molecular flexibility index (Phi) is 3.72.